The summed E-state index contributed by atoms with van der Waals surface area (Å²) in [4.78, 5) is 22.7. The summed E-state index contributed by atoms with van der Waals surface area (Å²) < 4.78 is 7.37. The molecule has 1 aromatic heterocycles. The molecule has 0 aliphatic rings. The van der Waals surface area contributed by atoms with Gasteiger partial charge in [0, 0.05) is 24.3 Å². The zero-order valence-electron chi connectivity index (χ0n) is 13.8. The molecule has 3 aromatic rings. The molecule has 0 spiro atoms. The van der Waals surface area contributed by atoms with Crippen LogP contribution in [0.1, 0.15) is 25.0 Å². The van der Waals surface area contributed by atoms with Crippen molar-refractivity contribution in [3.05, 3.63) is 76.5 Å². The van der Waals surface area contributed by atoms with E-state index in [0.29, 0.717) is 12.1 Å². The van der Waals surface area contributed by atoms with Crippen LogP contribution in [-0.4, -0.2) is 15.5 Å². The number of benzene rings is 2. The van der Waals surface area contributed by atoms with Crippen LogP contribution < -0.4 is 0 Å². The fraction of sp³-hybridized carbons (Fsp3) is 0.211. The number of nitro benzene ring substituents is 1. The molecule has 0 saturated carbocycles. The number of aryl methyl sites for hydroxylation is 1. The van der Waals surface area contributed by atoms with Crippen molar-refractivity contribution in [1.29, 1.82) is 0 Å². The molecule has 6 heteroatoms. The summed E-state index contributed by atoms with van der Waals surface area (Å²) in [5.74, 6) is -0.386. The first-order chi connectivity index (χ1) is 12.1. The highest BCUT2D eigenvalue weighted by molar-refractivity contribution is 5.80. The molecule has 1 heterocycles. The van der Waals surface area contributed by atoms with Crippen molar-refractivity contribution >= 4 is 22.6 Å². The first-order valence-corrected chi connectivity index (χ1v) is 8.03. The highest BCUT2D eigenvalue weighted by Crippen LogP contribution is 2.27. The molecular weight excluding hydrogens is 320 g/mol. The van der Waals surface area contributed by atoms with Crippen LogP contribution in [0.2, 0.25) is 0 Å². The van der Waals surface area contributed by atoms with Gasteiger partial charge in [-0.15, -0.1) is 0 Å². The molecule has 2 aromatic carbocycles. The van der Waals surface area contributed by atoms with E-state index in [4.69, 9.17) is 4.74 Å². The minimum absolute atomic E-state index is 0.0424. The van der Waals surface area contributed by atoms with Gasteiger partial charge in [0.2, 0.25) is 0 Å². The third-order valence-corrected chi connectivity index (χ3v) is 4.12. The molecule has 0 fully saturated rings. The maximum absolute atomic E-state index is 12.1. The molecule has 0 amide bonds. The smallest absolute Gasteiger partial charge is 0.308 e. The predicted octanol–water partition coefficient (Wildman–Crippen LogP) is 4.24. The minimum Gasteiger partial charge on any atom is -0.457 e. The van der Waals surface area contributed by atoms with Crippen molar-refractivity contribution in [2.75, 3.05) is 0 Å². The lowest BCUT2D eigenvalue weighted by Crippen LogP contribution is -2.12. The largest absolute Gasteiger partial charge is 0.457 e. The second-order valence-electron chi connectivity index (χ2n) is 5.77. The van der Waals surface area contributed by atoms with Gasteiger partial charge in [0.05, 0.1) is 16.9 Å². The number of rotatable bonds is 6. The van der Waals surface area contributed by atoms with E-state index in [1.54, 1.807) is 25.1 Å². The molecule has 3 rings (SSSR count). The summed E-state index contributed by atoms with van der Waals surface area (Å²) in [6, 6.07) is 16.2. The Bertz CT molecular complexity index is 916. The Hall–Kier alpha value is -3.15. The Kier molecular flexibility index (Phi) is 4.79. The molecule has 0 bridgehead atoms. The number of aromatic nitrogens is 1. The number of fused-ring (bicyclic) bond motifs is 1. The molecule has 0 radical (unpaired) electrons. The van der Waals surface area contributed by atoms with Crippen LogP contribution in [0.4, 0.5) is 5.69 Å². The van der Waals surface area contributed by atoms with Crippen LogP contribution in [0.5, 0.6) is 0 Å². The lowest BCUT2D eigenvalue weighted by atomic mass is 10.1. The van der Waals surface area contributed by atoms with E-state index in [-0.39, 0.29) is 18.1 Å². The molecule has 0 aliphatic heterocycles. The first-order valence-electron chi connectivity index (χ1n) is 8.03. The van der Waals surface area contributed by atoms with E-state index < -0.39 is 11.0 Å². The number of carbonyl (C=O) groups excluding carboxylic acids is 1. The molecule has 1 unspecified atom stereocenters. The third kappa shape index (κ3) is 3.68. The van der Waals surface area contributed by atoms with Crippen molar-refractivity contribution < 1.29 is 14.5 Å². The number of nitro groups is 1. The molecule has 6 nitrogen and oxygen atoms in total. The normalized spacial score (nSPS) is 12.0. The Balaban J connectivity index is 1.64. The summed E-state index contributed by atoms with van der Waals surface area (Å²) in [7, 11) is 0. The topological polar surface area (TPSA) is 74.4 Å². The van der Waals surface area contributed by atoms with Gasteiger partial charge in [0.1, 0.15) is 6.10 Å². The van der Waals surface area contributed by atoms with E-state index in [1.165, 1.54) is 6.07 Å². The van der Waals surface area contributed by atoms with Gasteiger partial charge in [0.15, 0.2) is 0 Å². The van der Waals surface area contributed by atoms with Crippen LogP contribution >= 0.6 is 0 Å². The number of carbonyl (C=O) groups is 1. The van der Waals surface area contributed by atoms with Gasteiger partial charge in [-0.05, 0) is 30.5 Å². The number of hydrogen-bond donors (Lipinski definition) is 0. The molecule has 128 valence electrons. The number of hydrogen-bond acceptors (Lipinski definition) is 4. The molecule has 0 N–H and O–H groups in total. The van der Waals surface area contributed by atoms with E-state index in [9.17, 15) is 14.9 Å². The van der Waals surface area contributed by atoms with Crippen LogP contribution in [0.3, 0.4) is 0 Å². The Labute approximate surface area is 144 Å². The first kappa shape index (κ1) is 16.7. The maximum atomic E-state index is 12.1. The third-order valence-electron chi connectivity index (χ3n) is 4.12. The van der Waals surface area contributed by atoms with Crippen LogP contribution in [0.25, 0.3) is 10.9 Å². The van der Waals surface area contributed by atoms with E-state index in [2.05, 4.69) is 0 Å². The lowest BCUT2D eigenvalue weighted by Gasteiger charge is -2.14. The van der Waals surface area contributed by atoms with Crippen LogP contribution in [0, 0.1) is 10.1 Å². The monoisotopic (exact) mass is 338 g/mol. The zero-order valence-corrected chi connectivity index (χ0v) is 13.8. The average Bonchev–Trinajstić information content (AvgIpc) is 3.03. The molecule has 1 atom stereocenters. The zero-order chi connectivity index (χ0) is 17.8. The van der Waals surface area contributed by atoms with E-state index >= 15 is 0 Å². The fourth-order valence-electron chi connectivity index (χ4n) is 2.86. The van der Waals surface area contributed by atoms with Gasteiger partial charge in [-0.2, -0.15) is 0 Å². The van der Waals surface area contributed by atoms with E-state index in [1.807, 2.05) is 41.1 Å². The second-order valence-corrected chi connectivity index (χ2v) is 5.77. The highest BCUT2D eigenvalue weighted by atomic mass is 16.6. The van der Waals surface area contributed by atoms with Crippen LogP contribution in [0.15, 0.2) is 60.8 Å². The van der Waals surface area contributed by atoms with Gasteiger partial charge in [-0.1, -0.05) is 30.3 Å². The Morgan fingerprint density at radius 2 is 1.88 bits per heavy atom. The average molecular weight is 338 g/mol. The molecule has 25 heavy (non-hydrogen) atoms. The Morgan fingerprint density at radius 3 is 2.68 bits per heavy atom. The summed E-state index contributed by atoms with van der Waals surface area (Å²) >= 11 is 0. The summed E-state index contributed by atoms with van der Waals surface area (Å²) in [5.41, 5.74) is 1.41. The highest BCUT2D eigenvalue weighted by Gasteiger charge is 2.21. The number of ether oxygens (including phenoxy) is 1. The fourth-order valence-corrected chi connectivity index (χ4v) is 2.86. The van der Waals surface area contributed by atoms with Gasteiger partial charge in [-0.3, -0.25) is 14.9 Å². The van der Waals surface area contributed by atoms with Gasteiger partial charge in [0.25, 0.3) is 5.69 Å². The second kappa shape index (κ2) is 7.17. The van der Waals surface area contributed by atoms with Crippen molar-refractivity contribution in [3.63, 3.8) is 0 Å². The predicted molar refractivity (Wildman–Crippen MR) is 94.2 cm³/mol. The lowest BCUT2D eigenvalue weighted by molar-refractivity contribution is -0.386. The van der Waals surface area contributed by atoms with Gasteiger partial charge < -0.3 is 9.30 Å². The number of esters is 1. The SMILES string of the molecule is CC(OC(=O)CCn1ccc2ccccc21)c1ccccc1[N+](=O)[O-]. The molecular formula is C19H18N2O4. The van der Waals surface area contributed by atoms with E-state index in [0.717, 1.165) is 10.9 Å². The summed E-state index contributed by atoms with van der Waals surface area (Å²) in [5, 5.41) is 12.2. The molecule has 0 saturated heterocycles. The maximum Gasteiger partial charge on any atom is 0.308 e. The minimum atomic E-state index is -0.671. The van der Waals surface area contributed by atoms with Crippen molar-refractivity contribution in [1.82, 2.24) is 4.57 Å². The van der Waals surface area contributed by atoms with Gasteiger partial charge >= 0.3 is 5.97 Å². The quantitative estimate of drug-likeness (QED) is 0.383. The van der Waals surface area contributed by atoms with Crippen molar-refractivity contribution in [3.8, 4) is 0 Å². The standard InChI is InChI=1S/C19H18N2O4/c1-14(16-7-3-5-9-18(16)21(23)24)25-19(22)11-13-20-12-10-15-6-2-4-8-17(15)20/h2-10,12,14H,11,13H2,1H3. The van der Waals surface area contributed by atoms with Crippen molar-refractivity contribution in [2.24, 2.45) is 0 Å². The Morgan fingerprint density at radius 1 is 1.16 bits per heavy atom. The molecule has 0 aliphatic carbocycles. The van der Waals surface area contributed by atoms with Gasteiger partial charge in [-0.25, -0.2) is 0 Å². The number of para-hydroxylation sites is 2. The number of nitrogens with zero attached hydrogens (tertiary/aromatic N) is 2. The van der Waals surface area contributed by atoms with Crippen molar-refractivity contribution in [2.45, 2.75) is 26.0 Å². The summed E-state index contributed by atoms with van der Waals surface area (Å²) in [6.07, 6.45) is 1.46. The summed E-state index contributed by atoms with van der Waals surface area (Å²) in [6.45, 7) is 2.14. The van der Waals surface area contributed by atoms with Crippen LogP contribution in [-0.2, 0) is 16.1 Å².